The van der Waals surface area contributed by atoms with Crippen molar-refractivity contribution in [2.75, 3.05) is 0 Å². The van der Waals surface area contributed by atoms with Gasteiger partial charge in [-0.15, -0.1) is 0 Å². The molecule has 0 heterocycles. The van der Waals surface area contributed by atoms with Crippen molar-refractivity contribution < 1.29 is 4.79 Å². The Morgan fingerprint density at radius 3 is 3.00 bits per heavy atom. The highest BCUT2D eigenvalue weighted by atomic mass is 79.9. The SMILES string of the molecule is CC1(N=C=O)CCc2cc(Br)ccc2C1. The third kappa shape index (κ3) is 2.19. The number of benzene rings is 1. The molecule has 0 N–H and O–H groups in total. The van der Waals surface area contributed by atoms with Crippen LogP contribution in [-0.2, 0) is 17.6 Å². The first-order valence-corrected chi connectivity index (χ1v) is 5.79. The number of rotatable bonds is 1. The zero-order valence-electron chi connectivity index (χ0n) is 8.59. The molecule has 78 valence electrons. The first kappa shape index (κ1) is 10.6. The molecule has 0 bridgehead atoms. The molecule has 0 aliphatic heterocycles. The Labute approximate surface area is 97.5 Å². The van der Waals surface area contributed by atoms with Gasteiger partial charge < -0.3 is 0 Å². The first-order chi connectivity index (χ1) is 7.13. The summed E-state index contributed by atoms with van der Waals surface area (Å²) < 4.78 is 1.11. The van der Waals surface area contributed by atoms with Gasteiger partial charge in [0.2, 0.25) is 6.08 Å². The van der Waals surface area contributed by atoms with E-state index in [4.69, 9.17) is 0 Å². The number of carbonyl (C=O) groups excluding carboxylic acids is 1. The molecule has 0 spiro atoms. The molecule has 3 heteroatoms. The van der Waals surface area contributed by atoms with Crippen LogP contribution in [0, 0.1) is 0 Å². The van der Waals surface area contributed by atoms with Crippen LogP contribution in [0.5, 0.6) is 0 Å². The van der Waals surface area contributed by atoms with Crippen molar-refractivity contribution in [2.24, 2.45) is 4.99 Å². The molecule has 2 nitrogen and oxygen atoms in total. The first-order valence-electron chi connectivity index (χ1n) is 4.99. The second-order valence-electron chi connectivity index (χ2n) is 4.29. The quantitative estimate of drug-likeness (QED) is 0.567. The van der Waals surface area contributed by atoms with Crippen molar-refractivity contribution in [3.05, 3.63) is 33.8 Å². The van der Waals surface area contributed by atoms with Crippen LogP contribution in [0.1, 0.15) is 24.5 Å². The lowest BCUT2D eigenvalue weighted by molar-refractivity contribution is 0.407. The standard InChI is InChI=1S/C12H12BrNO/c1-12(14-8-15)5-4-9-6-11(13)3-2-10(9)7-12/h2-3,6H,4-5,7H2,1H3. The number of isocyanates is 1. The summed E-state index contributed by atoms with van der Waals surface area (Å²) in [4.78, 5) is 14.3. The van der Waals surface area contributed by atoms with Crippen LogP contribution in [0.25, 0.3) is 0 Å². The molecular weight excluding hydrogens is 254 g/mol. The molecule has 0 saturated heterocycles. The van der Waals surface area contributed by atoms with Gasteiger partial charge in [-0.3, -0.25) is 0 Å². The maximum Gasteiger partial charge on any atom is 0.235 e. The highest BCUT2D eigenvalue weighted by Gasteiger charge is 2.29. The summed E-state index contributed by atoms with van der Waals surface area (Å²) in [7, 11) is 0. The third-order valence-electron chi connectivity index (χ3n) is 2.99. The van der Waals surface area contributed by atoms with E-state index in [0.717, 1.165) is 23.7 Å². The van der Waals surface area contributed by atoms with E-state index in [0.29, 0.717) is 0 Å². The Morgan fingerprint density at radius 1 is 1.47 bits per heavy atom. The minimum Gasteiger partial charge on any atom is -0.211 e. The molecule has 0 aromatic heterocycles. The lowest BCUT2D eigenvalue weighted by Crippen LogP contribution is -2.30. The number of fused-ring (bicyclic) bond motifs is 1. The van der Waals surface area contributed by atoms with E-state index >= 15 is 0 Å². The monoisotopic (exact) mass is 265 g/mol. The lowest BCUT2D eigenvalue weighted by atomic mass is 9.80. The van der Waals surface area contributed by atoms with E-state index in [2.05, 4.69) is 33.1 Å². The Bertz CT molecular complexity index is 437. The maximum absolute atomic E-state index is 10.3. The van der Waals surface area contributed by atoms with Gasteiger partial charge in [-0.05, 0) is 49.4 Å². The number of aliphatic imine (C=N–C) groups is 1. The molecule has 1 unspecified atom stereocenters. The van der Waals surface area contributed by atoms with Crippen LogP contribution in [0.2, 0.25) is 0 Å². The van der Waals surface area contributed by atoms with E-state index in [-0.39, 0.29) is 5.54 Å². The largest absolute Gasteiger partial charge is 0.235 e. The van der Waals surface area contributed by atoms with Gasteiger partial charge >= 0.3 is 0 Å². The van der Waals surface area contributed by atoms with E-state index in [1.807, 2.05) is 13.0 Å². The molecule has 15 heavy (non-hydrogen) atoms. The summed E-state index contributed by atoms with van der Waals surface area (Å²) in [6.07, 6.45) is 4.43. The second-order valence-corrected chi connectivity index (χ2v) is 5.21. The average molecular weight is 266 g/mol. The molecule has 2 rings (SSSR count). The average Bonchev–Trinajstić information content (AvgIpc) is 2.19. The van der Waals surface area contributed by atoms with E-state index < -0.39 is 0 Å². The maximum atomic E-state index is 10.3. The van der Waals surface area contributed by atoms with Crippen LogP contribution in [0.15, 0.2) is 27.7 Å². The number of hydrogen-bond acceptors (Lipinski definition) is 2. The number of halogens is 1. The minimum atomic E-state index is -0.247. The zero-order chi connectivity index (χ0) is 10.9. The number of hydrogen-bond donors (Lipinski definition) is 0. The molecule has 1 atom stereocenters. The van der Waals surface area contributed by atoms with E-state index in [1.54, 1.807) is 6.08 Å². The molecule has 0 amide bonds. The van der Waals surface area contributed by atoms with Crippen molar-refractivity contribution in [2.45, 2.75) is 31.7 Å². The highest BCUT2D eigenvalue weighted by Crippen LogP contribution is 2.32. The Kier molecular flexibility index (Phi) is 2.76. The van der Waals surface area contributed by atoms with Crippen molar-refractivity contribution >= 4 is 22.0 Å². The molecule has 1 aliphatic carbocycles. The molecule has 0 fully saturated rings. The van der Waals surface area contributed by atoms with Gasteiger partial charge in [0.15, 0.2) is 0 Å². The number of aryl methyl sites for hydroxylation is 1. The van der Waals surface area contributed by atoms with Crippen LogP contribution in [-0.4, -0.2) is 11.6 Å². The van der Waals surface area contributed by atoms with Crippen LogP contribution >= 0.6 is 15.9 Å². The van der Waals surface area contributed by atoms with Gasteiger partial charge in [-0.2, -0.15) is 4.99 Å². The molecule has 0 radical (unpaired) electrons. The number of nitrogens with zero attached hydrogens (tertiary/aromatic N) is 1. The molecule has 1 aromatic rings. The van der Waals surface area contributed by atoms with Gasteiger partial charge in [0.05, 0.1) is 5.54 Å². The predicted molar refractivity (Wildman–Crippen MR) is 62.7 cm³/mol. The summed E-state index contributed by atoms with van der Waals surface area (Å²) >= 11 is 3.46. The van der Waals surface area contributed by atoms with Gasteiger partial charge in [0, 0.05) is 4.47 Å². The Morgan fingerprint density at radius 2 is 2.27 bits per heavy atom. The van der Waals surface area contributed by atoms with Crippen LogP contribution < -0.4 is 0 Å². The molecule has 1 aliphatic rings. The van der Waals surface area contributed by atoms with Crippen molar-refractivity contribution in [1.82, 2.24) is 0 Å². The van der Waals surface area contributed by atoms with Crippen LogP contribution in [0.4, 0.5) is 0 Å². The zero-order valence-corrected chi connectivity index (χ0v) is 10.2. The topological polar surface area (TPSA) is 29.4 Å². The molecule has 0 saturated carbocycles. The fourth-order valence-corrected chi connectivity index (χ4v) is 2.52. The van der Waals surface area contributed by atoms with Crippen LogP contribution in [0.3, 0.4) is 0 Å². The van der Waals surface area contributed by atoms with Crippen molar-refractivity contribution in [3.8, 4) is 0 Å². The fraction of sp³-hybridized carbons (Fsp3) is 0.417. The summed E-state index contributed by atoms with van der Waals surface area (Å²) in [6, 6.07) is 6.30. The van der Waals surface area contributed by atoms with E-state index in [1.165, 1.54) is 11.1 Å². The van der Waals surface area contributed by atoms with Gasteiger partial charge in [0.1, 0.15) is 0 Å². The van der Waals surface area contributed by atoms with Crippen molar-refractivity contribution in [3.63, 3.8) is 0 Å². The predicted octanol–water partition coefficient (Wildman–Crippen LogP) is 3.03. The highest BCUT2D eigenvalue weighted by molar-refractivity contribution is 9.10. The molecular formula is C12H12BrNO. The Hall–Kier alpha value is -0.920. The van der Waals surface area contributed by atoms with E-state index in [9.17, 15) is 4.79 Å². The summed E-state index contributed by atoms with van der Waals surface area (Å²) in [5.74, 6) is 0. The third-order valence-corrected chi connectivity index (χ3v) is 3.48. The smallest absolute Gasteiger partial charge is 0.211 e. The molecule has 1 aromatic carbocycles. The van der Waals surface area contributed by atoms with Gasteiger partial charge in [0.25, 0.3) is 0 Å². The summed E-state index contributed by atoms with van der Waals surface area (Å²) in [5, 5.41) is 0. The van der Waals surface area contributed by atoms with Gasteiger partial charge in [-0.25, -0.2) is 4.79 Å². The second kappa shape index (κ2) is 3.92. The fourth-order valence-electron chi connectivity index (χ4n) is 2.11. The van der Waals surface area contributed by atoms with Gasteiger partial charge in [-0.1, -0.05) is 22.0 Å². The Balaban J connectivity index is 2.35. The lowest BCUT2D eigenvalue weighted by Gasteiger charge is -2.29. The summed E-state index contributed by atoms with van der Waals surface area (Å²) in [6.45, 7) is 2.02. The minimum absolute atomic E-state index is 0.247. The normalized spacial score (nSPS) is 24.1. The summed E-state index contributed by atoms with van der Waals surface area (Å²) in [5.41, 5.74) is 2.41. The van der Waals surface area contributed by atoms with Crippen molar-refractivity contribution in [1.29, 1.82) is 0 Å².